The van der Waals surface area contributed by atoms with Crippen LogP contribution in [0, 0.1) is 0 Å². The quantitative estimate of drug-likeness (QED) is 0.0969. The van der Waals surface area contributed by atoms with Gasteiger partial charge in [-0.15, -0.1) is 11.8 Å². The van der Waals surface area contributed by atoms with Crippen LogP contribution in [0.2, 0.25) is 0 Å². The Labute approximate surface area is 311 Å². The number of nitrogens with zero attached hydrogens (tertiary/aromatic N) is 1. The fraction of sp³-hybridized carbons (Fsp3) is 0.146. The minimum absolute atomic E-state index is 0.0279. The van der Waals surface area contributed by atoms with E-state index in [2.05, 4.69) is 10.6 Å². The summed E-state index contributed by atoms with van der Waals surface area (Å²) in [4.78, 5) is 46.2. The van der Waals surface area contributed by atoms with Crippen LogP contribution in [-0.2, 0) is 9.59 Å². The van der Waals surface area contributed by atoms with Crippen LogP contribution in [0.3, 0.4) is 0 Å². The predicted octanol–water partition coefficient (Wildman–Crippen LogP) is 8.82. The standard InChI is InChI=1S/C41H37N3O6S2/c1-5-36(41(47)44-31-18-9-11-20-37(31)52-38-21-12-10-19-32(38)44)51-29-17-13-16-28(24-29)42-40(46)30(43-39(45)26-14-7-6-8-15-26)22-27-23-34(49-3)35(50-4)25-33(27)48-2/h6-25,36H,5H2,1-4H3,(H,42,46)(H,43,45)/b30-22+. The first-order chi connectivity index (χ1) is 25.3. The molecule has 0 saturated carbocycles. The van der Waals surface area contributed by atoms with Crippen LogP contribution in [0.1, 0.15) is 29.3 Å². The second-order valence-corrected chi connectivity index (χ2v) is 13.9. The number of carbonyl (C=O) groups is 3. The van der Waals surface area contributed by atoms with Crippen molar-refractivity contribution >= 4 is 64.4 Å². The van der Waals surface area contributed by atoms with E-state index in [-0.39, 0.29) is 11.6 Å². The number of anilines is 3. The van der Waals surface area contributed by atoms with Crippen molar-refractivity contribution in [1.82, 2.24) is 5.32 Å². The predicted molar refractivity (Wildman–Crippen MR) is 207 cm³/mol. The van der Waals surface area contributed by atoms with Crippen LogP contribution < -0.4 is 29.7 Å². The highest BCUT2D eigenvalue weighted by molar-refractivity contribution is 8.00. The molecule has 1 atom stereocenters. The molecule has 264 valence electrons. The van der Waals surface area contributed by atoms with Gasteiger partial charge in [-0.25, -0.2) is 0 Å². The van der Waals surface area contributed by atoms with E-state index in [0.29, 0.717) is 40.5 Å². The number of benzene rings is 5. The molecule has 0 aromatic heterocycles. The van der Waals surface area contributed by atoms with Crippen molar-refractivity contribution < 1.29 is 28.6 Å². The summed E-state index contributed by atoms with van der Waals surface area (Å²) in [7, 11) is 4.52. The Morgan fingerprint density at radius 2 is 1.37 bits per heavy atom. The van der Waals surface area contributed by atoms with E-state index in [4.69, 9.17) is 14.2 Å². The zero-order valence-corrected chi connectivity index (χ0v) is 30.7. The highest BCUT2D eigenvalue weighted by atomic mass is 32.2. The summed E-state index contributed by atoms with van der Waals surface area (Å²) in [6.45, 7) is 1.99. The van der Waals surface area contributed by atoms with Gasteiger partial charge in [-0.1, -0.05) is 67.2 Å². The van der Waals surface area contributed by atoms with Gasteiger partial charge in [0, 0.05) is 37.6 Å². The monoisotopic (exact) mass is 731 g/mol. The lowest BCUT2D eigenvalue weighted by Gasteiger charge is -2.33. The molecular formula is C41H37N3O6S2. The molecule has 52 heavy (non-hydrogen) atoms. The molecular weight excluding hydrogens is 695 g/mol. The van der Waals surface area contributed by atoms with Gasteiger partial charge in [-0.2, -0.15) is 0 Å². The minimum atomic E-state index is -0.564. The number of nitrogens with one attached hydrogen (secondary N) is 2. The summed E-state index contributed by atoms with van der Waals surface area (Å²) in [6, 6.07) is 35.1. The molecule has 2 N–H and O–H groups in total. The smallest absolute Gasteiger partial charge is 0.272 e. The molecule has 0 radical (unpaired) electrons. The third-order valence-electron chi connectivity index (χ3n) is 8.23. The third-order valence-corrected chi connectivity index (χ3v) is 10.7. The molecule has 1 unspecified atom stereocenters. The number of para-hydroxylation sites is 2. The molecule has 11 heteroatoms. The SMILES string of the molecule is CCC(Sc1cccc(NC(=O)/C(=C\c2cc(OC)c(OC)cc2OC)NC(=O)c2ccccc2)c1)C(=O)N1c2ccccc2Sc2ccccc21. The van der Waals surface area contributed by atoms with E-state index in [1.807, 2.05) is 78.6 Å². The van der Waals surface area contributed by atoms with Gasteiger partial charge in [0.15, 0.2) is 11.5 Å². The zero-order valence-electron chi connectivity index (χ0n) is 29.0. The molecule has 0 bridgehead atoms. The van der Waals surface area contributed by atoms with E-state index in [1.165, 1.54) is 39.2 Å². The van der Waals surface area contributed by atoms with Crippen molar-refractivity contribution in [2.24, 2.45) is 0 Å². The average molecular weight is 732 g/mol. The van der Waals surface area contributed by atoms with Gasteiger partial charge in [0.2, 0.25) is 5.91 Å². The molecule has 1 aliphatic heterocycles. The van der Waals surface area contributed by atoms with Crippen molar-refractivity contribution in [2.75, 3.05) is 31.5 Å². The van der Waals surface area contributed by atoms with Crippen LogP contribution in [0.25, 0.3) is 6.08 Å². The maximum absolute atomic E-state index is 14.3. The zero-order chi connectivity index (χ0) is 36.6. The number of hydrogen-bond acceptors (Lipinski definition) is 8. The first-order valence-electron chi connectivity index (χ1n) is 16.5. The number of amides is 3. The number of thioether (sulfide) groups is 1. The Balaban J connectivity index is 1.27. The molecule has 9 nitrogen and oxygen atoms in total. The van der Waals surface area contributed by atoms with Crippen molar-refractivity contribution in [3.05, 3.63) is 132 Å². The summed E-state index contributed by atoms with van der Waals surface area (Å²) in [6.07, 6.45) is 2.10. The topological polar surface area (TPSA) is 106 Å². The maximum Gasteiger partial charge on any atom is 0.272 e. The number of fused-ring (bicyclic) bond motifs is 2. The Bertz CT molecular complexity index is 2090. The van der Waals surface area contributed by atoms with Crippen molar-refractivity contribution in [2.45, 2.75) is 33.3 Å². The first kappa shape index (κ1) is 36.2. The minimum Gasteiger partial charge on any atom is -0.496 e. The van der Waals surface area contributed by atoms with Gasteiger partial charge in [-0.05, 0) is 73.2 Å². The molecule has 0 spiro atoms. The summed E-state index contributed by atoms with van der Waals surface area (Å²) < 4.78 is 16.5. The van der Waals surface area contributed by atoms with Crippen molar-refractivity contribution in [3.63, 3.8) is 0 Å². The summed E-state index contributed by atoms with van der Waals surface area (Å²) in [5.41, 5.74) is 3.04. The Hall–Kier alpha value is -5.65. The lowest BCUT2D eigenvalue weighted by molar-refractivity contribution is -0.117. The second kappa shape index (κ2) is 16.6. The van der Waals surface area contributed by atoms with E-state index < -0.39 is 17.1 Å². The summed E-state index contributed by atoms with van der Waals surface area (Å²) in [5, 5.41) is 5.29. The summed E-state index contributed by atoms with van der Waals surface area (Å²) >= 11 is 3.09. The molecule has 0 saturated heterocycles. The van der Waals surface area contributed by atoms with Crippen molar-refractivity contribution in [3.8, 4) is 17.2 Å². The molecule has 6 rings (SSSR count). The lowest BCUT2D eigenvalue weighted by Crippen LogP contribution is -2.35. The average Bonchev–Trinajstić information content (AvgIpc) is 3.18. The highest BCUT2D eigenvalue weighted by Crippen LogP contribution is 2.49. The fourth-order valence-corrected chi connectivity index (χ4v) is 7.78. The van der Waals surface area contributed by atoms with E-state index >= 15 is 0 Å². The molecule has 5 aromatic rings. The van der Waals surface area contributed by atoms with E-state index in [0.717, 1.165) is 26.1 Å². The van der Waals surface area contributed by atoms with Crippen LogP contribution in [0.4, 0.5) is 17.1 Å². The molecule has 0 fully saturated rings. The van der Waals surface area contributed by atoms with Crippen LogP contribution >= 0.6 is 23.5 Å². The number of hydrogen-bond donors (Lipinski definition) is 2. The molecule has 5 aromatic carbocycles. The summed E-state index contributed by atoms with van der Waals surface area (Å²) in [5.74, 6) is 0.216. The third kappa shape index (κ3) is 7.96. The van der Waals surface area contributed by atoms with Gasteiger partial charge in [0.1, 0.15) is 11.4 Å². The van der Waals surface area contributed by atoms with Gasteiger partial charge < -0.3 is 24.8 Å². The fourth-order valence-electron chi connectivity index (χ4n) is 5.67. The number of methoxy groups -OCH3 is 3. The van der Waals surface area contributed by atoms with Crippen LogP contribution in [-0.4, -0.2) is 44.3 Å². The number of rotatable bonds is 12. The van der Waals surface area contributed by atoms with Gasteiger partial charge in [0.25, 0.3) is 11.8 Å². The maximum atomic E-state index is 14.3. The van der Waals surface area contributed by atoms with E-state index in [1.54, 1.807) is 60.3 Å². The van der Waals surface area contributed by atoms with E-state index in [9.17, 15) is 14.4 Å². The molecule has 1 heterocycles. The largest absolute Gasteiger partial charge is 0.496 e. The highest BCUT2D eigenvalue weighted by Gasteiger charge is 2.32. The normalized spacial score (nSPS) is 12.5. The number of carbonyl (C=O) groups excluding carboxylic acids is 3. The van der Waals surface area contributed by atoms with Crippen molar-refractivity contribution in [1.29, 1.82) is 0 Å². The Morgan fingerprint density at radius 3 is 2.00 bits per heavy atom. The van der Waals surface area contributed by atoms with Gasteiger partial charge >= 0.3 is 0 Å². The second-order valence-electron chi connectivity index (χ2n) is 11.5. The molecule has 3 amide bonds. The Morgan fingerprint density at radius 1 is 0.750 bits per heavy atom. The van der Waals surface area contributed by atoms with Gasteiger partial charge in [0.05, 0.1) is 38.0 Å². The molecule has 0 aliphatic carbocycles. The Kier molecular flexibility index (Phi) is 11.5. The van der Waals surface area contributed by atoms with Crippen LogP contribution in [0.15, 0.2) is 136 Å². The lowest BCUT2D eigenvalue weighted by atomic mass is 10.1. The first-order valence-corrected chi connectivity index (χ1v) is 18.2. The molecule has 1 aliphatic rings. The number of ether oxygens (including phenoxy) is 3. The van der Waals surface area contributed by atoms with Crippen LogP contribution in [0.5, 0.6) is 17.2 Å². The van der Waals surface area contributed by atoms with Gasteiger partial charge in [-0.3, -0.25) is 19.3 Å².